The van der Waals surface area contributed by atoms with Gasteiger partial charge in [0.2, 0.25) is 0 Å². The summed E-state index contributed by atoms with van der Waals surface area (Å²) >= 11 is 0. The van der Waals surface area contributed by atoms with Gasteiger partial charge in [0.15, 0.2) is 0 Å². The highest BCUT2D eigenvalue weighted by Crippen LogP contribution is 1.87. The predicted molar refractivity (Wildman–Crippen MR) is 78.2 cm³/mol. The largest absolute Gasteiger partial charge is 0.480 e. The van der Waals surface area contributed by atoms with Gasteiger partial charge in [-0.1, -0.05) is 64.2 Å². The number of hydrogen-bond donors (Lipinski definition) is 2. The molecule has 0 atom stereocenters. The van der Waals surface area contributed by atoms with Crippen LogP contribution in [0.15, 0.2) is 36.5 Å². The van der Waals surface area contributed by atoms with Gasteiger partial charge in [-0.3, -0.25) is 4.79 Å². The first-order valence-corrected chi connectivity index (χ1v) is 5.89. The molecule has 0 aromatic carbocycles. The fourth-order valence-electron chi connectivity index (χ4n) is 0.327. The third-order valence-electron chi connectivity index (χ3n) is 0.851. The Labute approximate surface area is 107 Å². The Hall–Kier alpha value is -1.35. The minimum atomic E-state index is -0.968. The summed E-state index contributed by atoms with van der Waals surface area (Å²) in [5.74, 6) is -0.968. The fraction of sp³-hybridized carbons (Fsp3) is 0.500. The van der Waals surface area contributed by atoms with E-state index >= 15 is 0 Å². The molecular formula is C14H29NO2. The molecule has 3 N–H and O–H groups in total. The molecule has 0 amide bonds. The Morgan fingerprint density at radius 3 is 1.71 bits per heavy atom. The molecule has 0 saturated heterocycles. The van der Waals surface area contributed by atoms with Crippen LogP contribution < -0.4 is 5.73 Å². The van der Waals surface area contributed by atoms with Gasteiger partial charge < -0.3 is 10.8 Å². The van der Waals surface area contributed by atoms with E-state index in [2.05, 4.69) is 26.2 Å². The maximum Gasteiger partial charge on any atom is 0.317 e. The lowest BCUT2D eigenvalue weighted by Crippen LogP contribution is -2.10. The van der Waals surface area contributed by atoms with Gasteiger partial charge in [0, 0.05) is 0 Å². The quantitative estimate of drug-likeness (QED) is 0.741. The molecule has 0 radical (unpaired) electrons. The third-order valence-corrected chi connectivity index (χ3v) is 0.851. The maximum absolute atomic E-state index is 9.24. The van der Waals surface area contributed by atoms with E-state index in [1.165, 1.54) is 5.57 Å². The minimum Gasteiger partial charge on any atom is -0.480 e. The van der Waals surface area contributed by atoms with E-state index in [1.54, 1.807) is 6.08 Å². The predicted octanol–water partition coefficient (Wildman–Crippen LogP) is 3.78. The van der Waals surface area contributed by atoms with Crippen molar-refractivity contribution in [1.82, 2.24) is 0 Å². The molecule has 0 aromatic rings. The number of hydrogen-bond acceptors (Lipinski definition) is 2. The van der Waals surface area contributed by atoms with E-state index in [0.29, 0.717) is 0 Å². The third kappa shape index (κ3) is 73.4. The van der Waals surface area contributed by atoms with E-state index in [0.717, 1.165) is 0 Å². The van der Waals surface area contributed by atoms with Gasteiger partial charge in [-0.15, -0.1) is 0 Å². The Bertz CT molecular complexity index is 202. The summed E-state index contributed by atoms with van der Waals surface area (Å²) in [4.78, 5) is 9.24. The molecule has 0 aromatic heterocycles. The molecule has 102 valence electrons. The Morgan fingerprint density at radius 2 is 1.53 bits per heavy atom. The minimum absolute atomic E-state index is 0.278. The Morgan fingerprint density at radius 1 is 1.18 bits per heavy atom. The average Bonchev–Trinajstić information content (AvgIpc) is 2.35. The van der Waals surface area contributed by atoms with Crippen molar-refractivity contribution in [2.75, 3.05) is 6.54 Å². The van der Waals surface area contributed by atoms with Crippen molar-refractivity contribution in [3.63, 3.8) is 0 Å². The van der Waals surface area contributed by atoms with Gasteiger partial charge in [0.1, 0.15) is 0 Å². The van der Waals surface area contributed by atoms with Crippen LogP contribution >= 0.6 is 0 Å². The summed E-state index contributed by atoms with van der Waals surface area (Å²) in [7, 11) is 0. The fourth-order valence-corrected chi connectivity index (χ4v) is 0.327. The van der Waals surface area contributed by atoms with Crippen LogP contribution in [0.25, 0.3) is 0 Å². The van der Waals surface area contributed by atoms with E-state index in [9.17, 15) is 4.79 Å². The second-order valence-electron chi connectivity index (χ2n) is 2.46. The zero-order valence-corrected chi connectivity index (χ0v) is 12.2. The lowest BCUT2D eigenvalue weighted by molar-refractivity contribution is -0.135. The van der Waals surface area contributed by atoms with Crippen LogP contribution in [0.4, 0.5) is 0 Å². The van der Waals surface area contributed by atoms with Gasteiger partial charge in [0.05, 0.1) is 6.54 Å². The lowest BCUT2D eigenvalue weighted by atomic mass is 10.3. The van der Waals surface area contributed by atoms with Crippen LogP contribution in [0.1, 0.15) is 41.5 Å². The zero-order valence-electron chi connectivity index (χ0n) is 12.2. The first-order valence-electron chi connectivity index (χ1n) is 5.89. The second-order valence-corrected chi connectivity index (χ2v) is 2.46. The normalized spacial score (nSPS) is 7.24. The molecule has 0 aliphatic heterocycles. The van der Waals surface area contributed by atoms with Crippen LogP contribution in [0.2, 0.25) is 0 Å². The first kappa shape index (κ1) is 24.7. The van der Waals surface area contributed by atoms with Gasteiger partial charge in [0.25, 0.3) is 0 Å². The van der Waals surface area contributed by atoms with Crippen molar-refractivity contribution < 1.29 is 9.90 Å². The van der Waals surface area contributed by atoms with E-state index in [-0.39, 0.29) is 6.54 Å². The molecule has 3 nitrogen and oxygen atoms in total. The standard InChI is InChI=1S/C8H12.C2H5NO2.2C2H6/c1-4-5-6-7-8(2)3;3-1-2(4)5;2*1-2/h4-7H,1H2,2-3H3;1,3H2,(H,4,5);2*1-2H3/b6-5-;;;. The van der Waals surface area contributed by atoms with Crippen LogP contribution in [0, 0.1) is 0 Å². The van der Waals surface area contributed by atoms with Crippen molar-refractivity contribution in [2.24, 2.45) is 5.73 Å². The lowest BCUT2D eigenvalue weighted by Gasteiger charge is -1.78. The molecule has 0 saturated carbocycles. The molecule has 0 unspecified atom stereocenters. The SMILES string of the molecule is C=C/C=C\C=C(C)C.CC.CC.NCC(=O)O. The maximum atomic E-state index is 9.24. The van der Waals surface area contributed by atoms with Crippen LogP contribution in [0.3, 0.4) is 0 Å². The van der Waals surface area contributed by atoms with Crippen LogP contribution in [0.5, 0.6) is 0 Å². The molecule has 0 rings (SSSR count). The van der Waals surface area contributed by atoms with Crippen LogP contribution in [-0.2, 0) is 4.79 Å². The first-order chi connectivity index (χ1) is 8.04. The molecule has 0 aliphatic rings. The average molecular weight is 243 g/mol. The molecule has 17 heavy (non-hydrogen) atoms. The number of allylic oxidation sites excluding steroid dienone is 5. The van der Waals surface area contributed by atoms with Gasteiger partial charge in [-0.2, -0.15) is 0 Å². The van der Waals surface area contributed by atoms with Crippen molar-refractivity contribution in [3.05, 3.63) is 36.5 Å². The van der Waals surface area contributed by atoms with Crippen molar-refractivity contribution in [2.45, 2.75) is 41.5 Å². The molecule has 0 bridgehead atoms. The summed E-state index contributed by atoms with van der Waals surface area (Å²) in [6, 6.07) is 0. The van der Waals surface area contributed by atoms with Crippen molar-refractivity contribution in [3.8, 4) is 0 Å². The van der Waals surface area contributed by atoms with E-state index < -0.39 is 5.97 Å². The molecule has 0 fully saturated rings. The number of carbonyl (C=O) groups is 1. The van der Waals surface area contributed by atoms with Gasteiger partial charge in [-0.25, -0.2) is 0 Å². The smallest absolute Gasteiger partial charge is 0.317 e. The molecule has 0 aliphatic carbocycles. The number of carboxylic acid groups (broad SMARTS) is 1. The summed E-state index contributed by atoms with van der Waals surface area (Å²) in [6.07, 6.45) is 7.69. The number of rotatable bonds is 3. The second kappa shape index (κ2) is 29.3. The highest BCUT2D eigenvalue weighted by atomic mass is 16.4. The summed E-state index contributed by atoms with van der Waals surface area (Å²) in [5, 5.41) is 7.60. The molecule has 0 heterocycles. The molecular weight excluding hydrogens is 214 g/mol. The Kier molecular flexibility index (Phi) is 42.7. The van der Waals surface area contributed by atoms with E-state index in [4.69, 9.17) is 5.11 Å². The topological polar surface area (TPSA) is 63.3 Å². The summed E-state index contributed by atoms with van der Waals surface area (Å²) in [5.41, 5.74) is 5.88. The van der Waals surface area contributed by atoms with Gasteiger partial charge >= 0.3 is 5.97 Å². The Balaban J connectivity index is -0.0000000809. The monoisotopic (exact) mass is 243 g/mol. The van der Waals surface area contributed by atoms with Crippen LogP contribution in [-0.4, -0.2) is 17.6 Å². The van der Waals surface area contributed by atoms with E-state index in [1.807, 2.05) is 45.9 Å². The summed E-state index contributed by atoms with van der Waals surface area (Å²) < 4.78 is 0. The van der Waals surface area contributed by atoms with Crippen molar-refractivity contribution >= 4 is 5.97 Å². The number of carboxylic acids is 1. The highest BCUT2D eigenvalue weighted by molar-refractivity contribution is 5.68. The van der Waals surface area contributed by atoms with Gasteiger partial charge in [-0.05, 0) is 13.8 Å². The molecule has 3 heteroatoms. The highest BCUT2D eigenvalue weighted by Gasteiger charge is 1.81. The van der Waals surface area contributed by atoms with Crippen molar-refractivity contribution in [1.29, 1.82) is 0 Å². The summed E-state index contributed by atoms with van der Waals surface area (Å²) in [6.45, 7) is 15.4. The number of nitrogens with two attached hydrogens (primary N) is 1. The number of aliphatic carboxylic acids is 1. The zero-order chi connectivity index (χ0) is 14.7. The molecule has 0 spiro atoms.